The molecule has 0 saturated heterocycles. The Morgan fingerprint density at radius 2 is 2.00 bits per heavy atom. The van der Waals surface area contributed by atoms with Gasteiger partial charge in [0.05, 0.1) is 0 Å². The predicted molar refractivity (Wildman–Crippen MR) is 58.9 cm³/mol. The molecule has 4 rings (SSSR count). The minimum atomic E-state index is 0.697. The van der Waals surface area contributed by atoms with Crippen LogP contribution in [0.15, 0.2) is 0 Å². The Bertz CT molecular complexity index is 458. The van der Waals surface area contributed by atoms with E-state index in [-0.39, 0.29) is 0 Å². The van der Waals surface area contributed by atoms with Crippen LogP contribution in [0, 0.1) is 28.4 Å². The molecular weight excluding hydrogens is 206 g/mol. The predicted octanol–water partition coefficient (Wildman–Crippen LogP) is 2.24. The highest BCUT2D eigenvalue weighted by Gasteiger charge is 2.66. The summed E-state index contributed by atoms with van der Waals surface area (Å²) >= 11 is 5.15. The topological polar surface area (TPSA) is 33.6 Å². The van der Waals surface area contributed by atoms with Crippen LogP contribution in [-0.2, 0) is 7.05 Å². The molecule has 0 aliphatic heterocycles. The summed E-state index contributed by atoms with van der Waals surface area (Å²) < 4.78 is 2.56. The summed E-state index contributed by atoms with van der Waals surface area (Å²) in [5.41, 5.74) is 0. The molecule has 80 valence electrons. The van der Waals surface area contributed by atoms with Gasteiger partial charge in [-0.15, -0.1) is 0 Å². The molecule has 0 spiro atoms. The van der Waals surface area contributed by atoms with Gasteiger partial charge in [0, 0.05) is 13.0 Å². The molecule has 4 heteroatoms. The zero-order valence-electron chi connectivity index (χ0n) is 8.81. The van der Waals surface area contributed by atoms with Gasteiger partial charge in [0.1, 0.15) is 5.82 Å². The highest BCUT2D eigenvalue weighted by atomic mass is 32.1. The number of rotatable bonds is 1. The van der Waals surface area contributed by atoms with Crippen LogP contribution in [0.1, 0.15) is 31.0 Å². The highest BCUT2D eigenvalue weighted by molar-refractivity contribution is 7.71. The molecule has 3 nitrogen and oxygen atoms in total. The first kappa shape index (κ1) is 8.50. The Morgan fingerprint density at radius 1 is 1.33 bits per heavy atom. The molecule has 1 N–H and O–H groups in total. The third kappa shape index (κ3) is 0.961. The Balaban J connectivity index is 1.69. The van der Waals surface area contributed by atoms with Crippen molar-refractivity contribution in [1.29, 1.82) is 0 Å². The van der Waals surface area contributed by atoms with Crippen LogP contribution in [0.2, 0.25) is 0 Å². The van der Waals surface area contributed by atoms with E-state index in [4.69, 9.17) is 12.2 Å². The molecule has 2 bridgehead atoms. The van der Waals surface area contributed by atoms with Gasteiger partial charge in [-0.25, -0.2) is 4.98 Å². The van der Waals surface area contributed by atoms with Gasteiger partial charge in [-0.2, -0.15) is 0 Å². The minimum absolute atomic E-state index is 0.697. The number of aromatic nitrogens is 3. The third-order valence-electron chi connectivity index (χ3n) is 4.84. The monoisotopic (exact) mass is 221 g/mol. The van der Waals surface area contributed by atoms with E-state index in [9.17, 15) is 0 Å². The summed E-state index contributed by atoms with van der Waals surface area (Å²) in [7, 11) is 1.95. The average Bonchev–Trinajstić information content (AvgIpc) is 2.55. The van der Waals surface area contributed by atoms with Gasteiger partial charge in [-0.1, -0.05) is 0 Å². The highest BCUT2D eigenvalue weighted by Crippen LogP contribution is 2.72. The van der Waals surface area contributed by atoms with Crippen LogP contribution in [0.3, 0.4) is 0 Å². The quantitative estimate of drug-likeness (QED) is 0.738. The lowest BCUT2D eigenvalue weighted by Gasteiger charge is -2.05. The second-order valence-corrected chi connectivity index (χ2v) is 5.83. The summed E-state index contributed by atoms with van der Waals surface area (Å²) in [5.74, 6) is 5.80. The Labute approximate surface area is 93.9 Å². The van der Waals surface area contributed by atoms with Crippen molar-refractivity contribution in [2.75, 3.05) is 0 Å². The van der Waals surface area contributed by atoms with Crippen molar-refractivity contribution in [3.05, 3.63) is 10.6 Å². The van der Waals surface area contributed by atoms with Crippen molar-refractivity contribution >= 4 is 12.2 Å². The number of aryl methyl sites for hydroxylation is 1. The van der Waals surface area contributed by atoms with E-state index in [1.807, 2.05) is 11.7 Å². The largest absolute Gasteiger partial charge is 0.283 e. The van der Waals surface area contributed by atoms with Gasteiger partial charge in [0.25, 0.3) is 0 Å². The van der Waals surface area contributed by atoms with Gasteiger partial charge >= 0.3 is 0 Å². The smallest absolute Gasteiger partial charge is 0.215 e. The van der Waals surface area contributed by atoms with Gasteiger partial charge < -0.3 is 0 Å². The van der Waals surface area contributed by atoms with Crippen molar-refractivity contribution < 1.29 is 0 Å². The molecule has 0 radical (unpaired) electrons. The normalized spacial score (nSPS) is 45.8. The lowest BCUT2D eigenvalue weighted by atomic mass is 10.0. The van der Waals surface area contributed by atoms with Crippen LogP contribution in [-0.4, -0.2) is 14.8 Å². The molecule has 1 aromatic rings. The zero-order valence-corrected chi connectivity index (χ0v) is 9.63. The molecule has 0 aromatic carbocycles. The van der Waals surface area contributed by atoms with Crippen LogP contribution in [0.5, 0.6) is 0 Å². The van der Waals surface area contributed by atoms with E-state index < -0.39 is 0 Å². The summed E-state index contributed by atoms with van der Waals surface area (Å²) in [6.45, 7) is 0. The Hall–Kier alpha value is -0.640. The van der Waals surface area contributed by atoms with Gasteiger partial charge in [-0.3, -0.25) is 9.78 Å². The van der Waals surface area contributed by atoms with E-state index in [2.05, 4.69) is 10.1 Å². The third-order valence-corrected chi connectivity index (χ3v) is 5.20. The molecule has 1 aromatic heterocycles. The SMILES string of the molecule is Cn1[nH]c(C2C3C4CCC(C4)C23)nc1=S. The summed E-state index contributed by atoms with van der Waals surface area (Å²) in [6, 6.07) is 0. The van der Waals surface area contributed by atoms with Gasteiger partial charge in [-0.05, 0) is 55.2 Å². The molecule has 3 saturated carbocycles. The standard InChI is InChI=1S/C11H15N3S/c1-14-11(15)12-10(13-14)9-7-5-2-3-6(4-5)8(7)9/h5-9H,2-4H2,1H3,(H,12,13,15). The Morgan fingerprint density at radius 3 is 2.53 bits per heavy atom. The minimum Gasteiger partial charge on any atom is -0.283 e. The lowest BCUT2D eigenvalue weighted by molar-refractivity contribution is 0.456. The number of nitrogens with one attached hydrogen (secondary N) is 1. The van der Waals surface area contributed by atoms with Crippen LogP contribution in [0.25, 0.3) is 0 Å². The maximum absolute atomic E-state index is 5.15. The van der Waals surface area contributed by atoms with Crippen LogP contribution >= 0.6 is 12.2 Å². The van der Waals surface area contributed by atoms with E-state index in [0.717, 1.165) is 35.4 Å². The number of hydrogen-bond acceptors (Lipinski definition) is 2. The first-order chi connectivity index (χ1) is 7.25. The van der Waals surface area contributed by atoms with E-state index in [1.54, 1.807) is 0 Å². The van der Waals surface area contributed by atoms with Crippen molar-refractivity contribution in [3.8, 4) is 0 Å². The molecule has 0 amide bonds. The second-order valence-electron chi connectivity index (χ2n) is 5.46. The maximum atomic E-state index is 5.15. The average molecular weight is 221 g/mol. The van der Waals surface area contributed by atoms with E-state index in [0.29, 0.717) is 4.77 Å². The number of nitrogens with zero attached hydrogens (tertiary/aromatic N) is 2. The van der Waals surface area contributed by atoms with Gasteiger partial charge in [0.15, 0.2) is 0 Å². The summed E-state index contributed by atoms with van der Waals surface area (Å²) in [6.07, 6.45) is 4.44. The van der Waals surface area contributed by atoms with Crippen LogP contribution < -0.4 is 0 Å². The fraction of sp³-hybridized carbons (Fsp3) is 0.818. The molecule has 1 heterocycles. The number of fused-ring (bicyclic) bond motifs is 5. The Kier molecular flexibility index (Phi) is 1.44. The fourth-order valence-corrected chi connectivity index (χ4v) is 4.41. The number of hydrogen-bond donors (Lipinski definition) is 1. The second kappa shape index (κ2) is 2.54. The van der Waals surface area contributed by atoms with Crippen molar-refractivity contribution in [2.24, 2.45) is 30.7 Å². The zero-order chi connectivity index (χ0) is 10.2. The molecular formula is C11H15N3S. The van der Waals surface area contributed by atoms with Crippen molar-refractivity contribution in [1.82, 2.24) is 14.8 Å². The number of H-pyrrole nitrogens is 1. The molecule has 3 fully saturated rings. The summed E-state index contributed by atoms with van der Waals surface area (Å²) in [5, 5.41) is 3.31. The first-order valence-electron chi connectivity index (χ1n) is 5.88. The van der Waals surface area contributed by atoms with Crippen molar-refractivity contribution in [2.45, 2.75) is 25.2 Å². The molecule has 4 atom stereocenters. The molecule has 4 unspecified atom stereocenters. The maximum Gasteiger partial charge on any atom is 0.215 e. The lowest BCUT2D eigenvalue weighted by Crippen LogP contribution is -1.99. The summed E-state index contributed by atoms with van der Waals surface area (Å²) in [4.78, 5) is 4.47. The van der Waals surface area contributed by atoms with E-state index >= 15 is 0 Å². The molecule has 3 aliphatic rings. The number of aromatic amines is 1. The fourth-order valence-electron chi connectivity index (χ4n) is 4.26. The van der Waals surface area contributed by atoms with Gasteiger partial charge in [0.2, 0.25) is 4.77 Å². The first-order valence-corrected chi connectivity index (χ1v) is 6.29. The van der Waals surface area contributed by atoms with Crippen LogP contribution in [0.4, 0.5) is 0 Å². The molecule has 3 aliphatic carbocycles. The molecule has 15 heavy (non-hydrogen) atoms. The van der Waals surface area contributed by atoms with Crippen molar-refractivity contribution in [3.63, 3.8) is 0 Å². The van der Waals surface area contributed by atoms with E-state index in [1.165, 1.54) is 19.3 Å².